The Hall–Kier alpha value is -3.28. The average molecular weight is 362 g/mol. The van der Waals surface area contributed by atoms with E-state index in [0.29, 0.717) is 18.7 Å². The molecule has 2 amide bonds. The first-order chi connectivity index (χ1) is 13.1. The Morgan fingerprint density at radius 1 is 1.00 bits per heavy atom. The Morgan fingerprint density at radius 2 is 1.70 bits per heavy atom. The molecule has 2 aromatic heterocycles. The van der Waals surface area contributed by atoms with Gasteiger partial charge in [0.2, 0.25) is 5.91 Å². The van der Waals surface area contributed by atoms with Crippen molar-refractivity contribution in [1.82, 2.24) is 20.6 Å². The SMILES string of the molecule is CC(C)C(=O)NCCNC(=O)c1cc(-c2ccncc2)nc2ccccc12. The second-order valence-electron chi connectivity index (χ2n) is 6.51. The molecule has 0 saturated heterocycles. The maximum Gasteiger partial charge on any atom is 0.252 e. The number of para-hydroxylation sites is 1. The molecule has 2 heterocycles. The fraction of sp³-hybridized carbons (Fsp3) is 0.238. The molecule has 3 rings (SSSR count). The predicted molar refractivity (Wildman–Crippen MR) is 105 cm³/mol. The molecule has 0 aliphatic carbocycles. The van der Waals surface area contributed by atoms with Crippen molar-refractivity contribution in [3.63, 3.8) is 0 Å². The van der Waals surface area contributed by atoms with Gasteiger partial charge in [-0.2, -0.15) is 0 Å². The van der Waals surface area contributed by atoms with Gasteiger partial charge in [-0.05, 0) is 24.3 Å². The largest absolute Gasteiger partial charge is 0.354 e. The minimum absolute atomic E-state index is 0.0291. The summed E-state index contributed by atoms with van der Waals surface area (Å²) in [6.45, 7) is 4.41. The Kier molecular flexibility index (Phi) is 5.76. The highest BCUT2D eigenvalue weighted by Gasteiger charge is 2.14. The van der Waals surface area contributed by atoms with Gasteiger partial charge in [0.25, 0.3) is 5.91 Å². The smallest absolute Gasteiger partial charge is 0.252 e. The summed E-state index contributed by atoms with van der Waals surface area (Å²) in [4.78, 5) is 33.0. The van der Waals surface area contributed by atoms with Crippen LogP contribution < -0.4 is 10.6 Å². The van der Waals surface area contributed by atoms with Crippen LogP contribution in [0.5, 0.6) is 0 Å². The van der Waals surface area contributed by atoms with E-state index in [9.17, 15) is 9.59 Å². The van der Waals surface area contributed by atoms with Crippen molar-refractivity contribution in [1.29, 1.82) is 0 Å². The van der Waals surface area contributed by atoms with Crippen molar-refractivity contribution < 1.29 is 9.59 Å². The van der Waals surface area contributed by atoms with Gasteiger partial charge in [0, 0.05) is 42.4 Å². The molecule has 27 heavy (non-hydrogen) atoms. The van der Waals surface area contributed by atoms with Crippen LogP contribution in [-0.4, -0.2) is 34.9 Å². The number of hydrogen-bond donors (Lipinski definition) is 2. The van der Waals surface area contributed by atoms with Crippen molar-refractivity contribution >= 4 is 22.7 Å². The minimum atomic E-state index is -0.192. The number of carbonyl (C=O) groups is 2. The zero-order chi connectivity index (χ0) is 19.2. The molecule has 0 aliphatic rings. The van der Waals surface area contributed by atoms with E-state index >= 15 is 0 Å². The number of rotatable bonds is 6. The van der Waals surface area contributed by atoms with E-state index in [4.69, 9.17) is 0 Å². The lowest BCUT2D eigenvalue weighted by Crippen LogP contribution is -2.36. The number of aromatic nitrogens is 2. The topological polar surface area (TPSA) is 84.0 Å². The van der Waals surface area contributed by atoms with E-state index in [-0.39, 0.29) is 17.7 Å². The number of carbonyl (C=O) groups excluding carboxylic acids is 2. The molecule has 0 radical (unpaired) electrons. The minimum Gasteiger partial charge on any atom is -0.354 e. The maximum atomic E-state index is 12.8. The zero-order valence-corrected chi connectivity index (χ0v) is 15.4. The second-order valence-corrected chi connectivity index (χ2v) is 6.51. The molecule has 0 atom stereocenters. The first-order valence-electron chi connectivity index (χ1n) is 8.92. The summed E-state index contributed by atoms with van der Waals surface area (Å²) >= 11 is 0. The molecule has 3 aromatic rings. The first-order valence-corrected chi connectivity index (χ1v) is 8.92. The lowest BCUT2D eigenvalue weighted by atomic mass is 10.0. The van der Waals surface area contributed by atoms with Gasteiger partial charge in [0.05, 0.1) is 16.8 Å². The van der Waals surface area contributed by atoms with E-state index in [2.05, 4.69) is 20.6 Å². The van der Waals surface area contributed by atoms with Crippen molar-refractivity contribution in [2.45, 2.75) is 13.8 Å². The lowest BCUT2D eigenvalue weighted by molar-refractivity contribution is -0.123. The van der Waals surface area contributed by atoms with Gasteiger partial charge in [0.15, 0.2) is 0 Å². The number of benzene rings is 1. The van der Waals surface area contributed by atoms with Crippen LogP contribution in [0.2, 0.25) is 0 Å². The number of nitrogens with one attached hydrogen (secondary N) is 2. The molecule has 138 valence electrons. The van der Waals surface area contributed by atoms with Crippen LogP contribution in [0.1, 0.15) is 24.2 Å². The van der Waals surface area contributed by atoms with Crippen LogP contribution in [-0.2, 0) is 4.79 Å². The van der Waals surface area contributed by atoms with Gasteiger partial charge in [-0.15, -0.1) is 0 Å². The third-order valence-electron chi connectivity index (χ3n) is 4.17. The summed E-state index contributed by atoms with van der Waals surface area (Å²) in [5.74, 6) is -0.297. The zero-order valence-electron chi connectivity index (χ0n) is 15.4. The van der Waals surface area contributed by atoms with E-state index in [1.54, 1.807) is 18.5 Å². The van der Waals surface area contributed by atoms with Gasteiger partial charge in [-0.1, -0.05) is 32.0 Å². The predicted octanol–water partition coefficient (Wildman–Crippen LogP) is 2.80. The number of hydrogen-bond acceptors (Lipinski definition) is 4. The number of pyridine rings is 2. The van der Waals surface area contributed by atoms with Crippen LogP contribution in [0.15, 0.2) is 54.9 Å². The van der Waals surface area contributed by atoms with Crippen molar-refractivity contribution in [3.05, 3.63) is 60.4 Å². The van der Waals surface area contributed by atoms with E-state index in [0.717, 1.165) is 22.2 Å². The molecule has 0 bridgehead atoms. The van der Waals surface area contributed by atoms with Crippen LogP contribution in [0.3, 0.4) is 0 Å². The quantitative estimate of drug-likeness (QED) is 0.661. The average Bonchev–Trinajstić information content (AvgIpc) is 2.70. The summed E-state index contributed by atoms with van der Waals surface area (Å²) < 4.78 is 0. The highest BCUT2D eigenvalue weighted by Crippen LogP contribution is 2.24. The summed E-state index contributed by atoms with van der Waals surface area (Å²) in [6, 6.07) is 13.1. The highest BCUT2D eigenvalue weighted by molar-refractivity contribution is 6.07. The van der Waals surface area contributed by atoms with E-state index in [1.807, 2.05) is 50.2 Å². The number of nitrogens with zero attached hydrogens (tertiary/aromatic N) is 2. The van der Waals surface area contributed by atoms with Gasteiger partial charge in [0.1, 0.15) is 0 Å². The molecule has 0 fully saturated rings. The van der Waals surface area contributed by atoms with Gasteiger partial charge < -0.3 is 10.6 Å². The third kappa shape index (κ3) is 4.47. The monoisotopic (exact) mass is 362 g/mol. The molecule has 6 nitrogen and oxygen atoms in total. The molecule has 0 spiro atoms. The maximum absolute atomic E-state index is 12.8. The fourth-order valence-corrected chi connectivity index (χ4v) is 2.69. The second kappa shape index (κ2) is 8.40. The standard InChI is InChI=1S/C21H22N4O2/c1-14(2)20(26)23-11-12-24-21(27)17-13-19(15-7-9-22-10-8-15)25-18-6-4-3-5-16(17)18/h3-10,13-14H,11-12H2,1-2H3,(H,23,26)(H,24,27). The normalized spacial score (nSPS) is 10.8. The molecular weight excluding hydrogens is 340 g/mol. The van der Waals surface area contributed by atoms with E-state index in [1.165, 1.54) is 0 Å². The van der Waals surface area contributed by atoms with Crippen molar-refractivity contribution in [2.24, 2.45) is 5.92 Å². The van der Waals surface area contributed by atoms with Crippen molar-refractivity contribution in [3.8, 4) is 11.3 Å². The summed E-state index contributed by atoms with van der Waals surface area (Å²) in [5.41, 5.74) is 2.93. The molecule has 0 aliphatic heterocycles. The highest BCUT2D eigenvalue weighted by atomic mass is 16.2. The Labute approximate surface area is 158 Å². The van der Waals surface area contributed by atoms with Crippen LogP contribution in [0, 0.1) is 5.92 Å². The first kappa shape index (κ1) is 18.5. The van der Waals surface area contributed by atoms with Gasteiger partial charge in [-0.25, -0.2) is 4.98 Å². The Balaban J connectivity index is 1.82. The van der Waals surface area contributed by atoms with Gasteiger partial charge >= 0.3 is 0 Å². The van der Waals surface area contributed by atoms with Gasteiger partial charge in [-0.3, -0.25) is 14.6 Å². The fourth-order valence-electron chi connectivity index (χ4n) is 2.69. The van der Waals surface area contributed by atoms with Crippen molar-refractivity contribution in [2.75, 3.05) is 13.1 Å². The van der Waals surface area contributed by atoms with Crippen LogP contribution in [0.25, 0.3) is 22.2 Å². The molecular formula is C21H22N4O2. The molecule has 6 heteroatoms. The summed E-state index contributed by atoms with van der Waals surface area (Å²) in [5, 5.41) is 6.45. The summed E-state index contributed by atoms with van der Waals surface area (Å²) in [7, 11) is 0. The number of fused-ring (bicyclic) bond motifs is 1. The molecule has 1 aromatic carbocycles. The Bertz CT molecular complexity index is 955. The van der Waals surface area contributed by atoms with Crippen LogP contribution >= 0.6 is 0 Å². The lowest BCUT2D eigenvalue weighted by Gasteiger charge is -2.11. The molecule has 2 N–H and O–H groups in total. The third-order valence-corrected chi connectivity index (χ3v) is 4.17. The molecule has 0 saturated carbocycles. The molecule has 0 unspecified atom stereocenters. The van der Waals surface area contributed by atoms with Crippen LogP contribution in [0.4, 0.5) is 0 Å². The number of amides is 2. The Morgan fingerprint density at radius 3 is 2.44 bits per heavy atom. The summed E-state index contributed by atoms with van der Waals surface area (Å²) in [6.07, 6.45) is 3.40. The van der Waals surface area contributed by atoms with E-state index < -0.39 is 0 Å².